The molecule has 1 aromatic heterocycles. The molecular formula is C14H15NO3S. The summed E-state index contributed by atoms with van der Waals surface area (Å²) >= 11 is 0.986. The summed E-state index contributed by atoms with van der Waals surface area (Å²) in [5, 5.41) is -0.184. The van der Waals surface area contributed by atoms with Gasteiger partial charge in [-0.1, -0.05) is 19.4 Å². The fraction of sp³-hybridized carbons (Fsp3) is 0.286. The molecule has 5 heteroatoms. The van der Waals surface area contributed by atoms with Crippen molar-refractivity contribution in [1.82, 2.24) is 4.90 Å². The molecule has 4 nitrogen and oxygen atoms in total. The summed E-state index contributed by atoms with van der Waals surface area (Å²) in [5.41, 5.74) is 0. The average molecular weight is 277 g/mol. The van der Waals surface area contributed by atoms with Crippen LogP contribution < -0.4 is 0 Å². The molecule has 0 N–H and O–H groups in total. The Hall–Kier alpha value is -1.75. The summed E-state index contributed by atoms with van der Waals surface area (Å²) in [6.07, 6.45) is 8.50. The number of carbonyl (C=O) groups is 2. The highest BCUT2D eigenvalue weighted by molar-refractivity contribution is 8.18. The van der Waals surface area contributed by atoms with Crippen LogP contribution in [0.3, 0.4) is 0 Å². The third-order valence-corrected chi connectivity index (χ3v) is 3.59. The van der Waals surface area contributed by atoms with Gasteiger partial charge >= 0.3 is 0 Å². The molecule has 1 aliphatic rings. The maximum absolute atomic E-state index is 12.0. The maximum atomic E-state index is 12.0. The van der Waals surface area contributed by atoms with Crippen LogP contribution in [-0.2, 0) is 4.79 Å². The molecule has 2 heterocycles. The summed E-state index contributed by atoms with van der Waals surface area (Å²) in [4.78, 5) is 25.4. The summed E-state index contributed by atoms with van der Waals surface area (Å²) in [6.45, 7) is 2.53. The normalized spacial score (nSPS) is 18.2. The van der Waals surface area contributed by atoms with Crippen molar-refractivity contribution < 1.29 is 14.0 Å². The van der Waals surface area contributed by atoms with Gasteiger partial charge < -0.3 is 4.42 Å². The number of hydrogen-bond acceptors (Lipinski definition) is 4. The van der Waals surface area contributed by atoms with Crippen LogP contribution >= 0.6 is 11.8 Å². The van der Waals surface area contributed by atoms with Gasteiger partial charge in [0.25, 0.3) is 11.1 Å². The van der Waals surface area contributed by atoms with Gasteiger partial charge in [0.1, 0.15) is 5.76 Å². The van der Waals surface area contributed by atoms with Gasteiger partial charge in [0, 0.05) is 6.54 Å². The Morgan fingerprint density at radius 3 is 2.95 bits per heavy atom. The van der Waals surface area contributed by atoms with E-state index in [0.717, 1.165) is 24.6 Å². The van der Waals surface area contributed by atoms with E-state index in [1.54, 1.807) is 30.6 Å². The molecule has 0 aromatic carbocycles. The second-order valence-corrected chi connectivity index (χ2v) is 5.08. The molecular weight excluding hydrogens is 262 g/mol. The van der Waals surface area contributed by atoms with E-state index in [2.05, 4.69) is 0 Å². The topological polar surface area (TPSA) is 50.5 Å². The number of rotatable bonds is 5. The lowest BCUT2D eigenvalue weighted by Crippen LogP contribution is -2.29. The molecule has 0 aliphatic carbocycles. The number of unbranched alkanes of at least 4 members (excludes halogenated alkanes) is 1. The fourth-order valence-corrected chi connectivity index (χ4v) is 2.46. The monoisotopic (exact) mass is 277 g/mol. The minimum atomic E-state index is -0.201. The lowest BCUT2D eigenvalue weighted by Gasteiger charge is -2.10. The molecule has 0 spiro atoms. The van der Waals surface area contributed by atoms with Crippen molar-refractivity contribution in [2.24, 2.45) is 0 Å². The summed E-state index contributed by atoms with van der Waals surface area (Å²) in [6, 6.07) is 3.61. The first-order valence-electron chi connectivity index (χ1n) is 6.18. The van der Waals surface area contributed by atoms with Crippen LogP contribution in [0.25, 0.3) is 6.08 Å². The average Bonchev–Trinajstić information content (AvgIpc) is 2.98. The predicted octanol–water partition coefficient (Wildman–Crippen LogP) is 3.67. The van der Waals surface area contributed by atoms with E-state index in [0.29, 0.717) is 17.2 Å². The first-order chi connectivity index (χ1) is 9.22. The Labute approximate surface area is 116 Å². The van der Waals surface area contributed by atoms with Crippen molar-refractivity contribution in [3.8, 4) is 0 Å². The van der Waals surface area contributed by atoms with Crippen LogP contribution in [0.4, 0.5) is 4.79 Å². The molecule has 2 amide bonds. The standard InChI is InChI=1S/C14H15NO3S/c1-2-3-9-15-13(16)12(19-14(15)17)8-4-6-11-7-5-10-18-11/h4-8,10H,2-3,9H2,1H3/b6-4+,12-8+. The minimum absolute atomic E-state index is 0.184. The second-order valence-electron chi connectivity index (χ2n) is 4.08. The van der Waals surface area contributed by atoms with Crippen LogP contribution in [0.15, 0.2) is 39.9 Å². The van der Waals surface area contributed by atoms with Crippen LogP contribution in [0.1, 0.15) is 25.5 Å². The summed E-state index contributed by atoms with van der Waals surface area (Å²) in [5.74, 6) is 0.508. The van der Waals surface area contributed by atoms with Crippen LogP contribution in [0, 0.1) is 0 Å². The van der Waals surface area contributed by atoms with E-state index in [4.69, 9.17) is 4.42 Å². The molecule has 1 aromatic rings. The number of allylic oxidation sites excluding steroid dienone is 2. The molecule has 1 saturated heterocycles. The van der Waals surface area contributed by atoms with Crippen molar-refractivity contribution in [1.29, 1.82) is 0 Å². The number of hydrogen-bond donors (Lipinski definition) is 0. The fourth-order valence-electron chi connectivity index (χ4n) is 1.64. The van der Waals surface area contributed by atoms with Crippen molar-refractivity contribution in [3.63, 3.8) is 0 Å². The number of furan rings is 1. The highest BCUT2D eigenvalue weighted by Crippen LogP contribution is 2.30. The summed E-state index contributed by atoms with van der Waals surface area (Å²) < 4.78 is 5.14. The van der Waals surface area contributed by atoms with Crippen molar-refractivity contribution in [2.45, 2.75) is 19.8 Å². The molecule has 0 saturated carbocycles. The molecule has 19 heavy (non-hydrogen) atoms. The van der Waals surface area contributed by atoms with Gasteiger partial charge in [0.05, 0.1) is 11.2 Å². The SMILES string of the molecule is CCCCN1C(=O)S/C(=C/C=C/c2ccco2)C1=O. The Balaban J connectivity index is 2.01. The number of thioether (sulfide) groups is 1. The molecule has 1 aliphatic heterocycles. The quantitative estimate of drug-likeness (QED) is 0.770. The zero-order valence-electron chi connectivity index (χ0n) is 10.7. The lowest BCUT2D eigenvalue weighted by molar-refractivity contribution is -0.122. The van der Waals surface area contributed by atoms with Crippen LogP contribution in [0.5, 0.6) is 0 Å². The van der Waals surface area contributed by atoms with Gasteiger partial charge in [-0.05, 0) is 42.5 Å². The molecule has 1 fully saturated rings. The van der Waals surface area contributed by atoms with Crippen molar-refractivity contribution in [2.75, 3.05) is 6.54 Å². The Kier molecular flexibility index (Phi) is 4.63. The van der Waals surface area contributed by atoms with E-state index in [1.165, 1.54) is 4.90 Å². The second kappa shape index (κ2) is 6.43. The first kappa shape index (κ1) is 13.7. The summed E-state index contributed by atoms with van der Waals surface area (Å²) in [7, 11) is 0. The predicted molar refractivity (Wildman–Crippen MR) is 75.4 cm³/mol. The molecule has 2 rings (SSSR count). The smallest absolute Gasteiger partial charge is 0.293 e. The van der Waals surface area contributed by atoms with E-state index in [1.807, 2.05) is 13.0 Å². The molecule has 0 bridgehead atoms. The minimum Gasteiger partial charge on any atom is -0.465 e. The van der Waals surface area contributed by atoms with E-state index >= 15 is 0 Å². The Bertz CT molecular complexity index is 517. The van der Waals surface area contributed by atoms with Gasteiger partial charge in [0.2, 0.25) is 0 Å². The third kappa shape index (κ3) is 3.38. The third-order valence-electron chi connectivity index (χ3n) is 2.66. The van der Waals surface area contributed by atoms with E-state index in [-0.39, 0.29) is 11.1 Å². The number of imide groups is 1. The molecule has 0 radical (unpaired) electrons. The first-order valence-corrected chi connectivity index (χ1v) is 6.99. The number of amides is 2. The zero-order chi connectivity index (χ0) is 13.7. The van der Waals surface area contributed by atoms with Crippen molar-refractivity contribution in [3.05, 3.63) is 41.2 Å². The lowest BCUT2D eigenvalue weighted by atomic mass is 10.3. The Morgan fingerprint density at radius 1 is 1.42 bits per heavy atom. The van der Waals surface area contributed by atoms with Gasteiger partial charge in [-0.2, -0.15) is 0 Å². The van der Waals surface area contributed by atoms with Gasteiger partial charge in [-0.25, -0.2) is 0 Å². The van der Waals surface area contributed by atoms with Crippen LogP contribution in [-0.4, -0.2) is 22.6 Å². The number of nitrogens with zero attached hydrogens (tertiary/aromatic N) is 1. The molecule has 0 unspecified atom stereocenters. The number of carbonyl (C=O) groups excluding carboxylic acids is 2. The Morgan fingerprint density at radius 2 is 2.26 bits per heavy atom. The van der Waals surface area contributed by atoms with Crippen LogP contribution in [0.2, 0.25) is 0 Å². The van der Waals surface area contributed by atoms with Gasteiger partial charge in [-0.3, -0.25) is 14.5 Å². The van der Waals surface area contributed by atoms with Gasteiger partial charge in [-0.15, -0.1) is 0 Å². The maximum Gasteiger partial charge on any atom is 0.293 e. The van der Waals surface area contributed by atoms with E-state index in [9.17, 15) is 9.59 Å². The largest absolute Gasteiger partial charge is 0.465 e. The highest BCUT2D eigenvalue weighted by atomic mass is 32.2. The van der Waals surface area contributed by atoms with Gasteiger partial charge in [0.15, 0.2) is 0 Å². The zero-order valence-corrected chi connectivity index (χ0v) is 11.5. The van der Waals surface area contributed by atoms with E-state index < -0.39 is 0 Å². The highest BCUT2D eigenvalue weighted by Gasteiger charge is 2.33. The van der Waals surface area contributed by atoms with Crippen molar-refractivity contribution >= 4 is 29.0 Å². The molecule has 0 atom stereocenters. The molecule has 100 valence electrons.